The van der Waals surface area contributed by atoms with Crippen LogP contribution in [-0.4, -0.2) is 52.6 Å². The molecule has 2 N–H and O–H groups in total. The molecule has 3 aromatic rings. The van der Waals surface area contributed by atoms with Crippen LogP contribution in [0.15, 0.2) is 48.5 Å². The number of anilines is 2. The Labute approximate surface area is 216 Å². The Morgan fingerprint density at radius 3 is 2.42 bits per heavy atom. The number of halogens is 3. The van der Waals surface area contributed by atoms with E-state index in [1.165, 1.54) is 0 Å². The van der Waals surface area contributed by atoms with E-state index in [4.69, 9.17) is 9.47 Å². The first-order chi connectivity index (χ1) is 18.2. The Hall–Kier alpha value is -4.06. The summed E-state index contributed by atoms with van der Waals surface area (Å²) >= 11 is 0. The molecule has 9 nitrogen and oxygen atoms in total. The van der Waals surface area contributed by atoms with E-state index in [1.807, 2.05) is 36.4 Å². The van der Waals surface area contributed by atoms with E-state index in [1.54, 1.807) is 12.1 Å². The van der Waals surface area contributed by atoms with Crippen molar-refractivity contribution < 1.29 is 32.2 Å². The minimum Gasteiger partial charge on any atom is -0.454 e. The molecule has 200 valence electrons. The number of benzene rings is 2. The summed E-state index contributed by atoms with van der Waals surface area (Å²) in [6.45, 7) is -1.62. The molecule has 0 atom stereocenters. The van der Waals surface area contributed by atoms with Gasteiger partial charge in [-0.05, 0) is 41.7 Å². The second-order valence-electron chi connectivity index (χ2n) is 8.71. The molecule has 2 aliphatic heterocycles. The number of nitrogens with one attached hydrogen (secondary N) is 2. The maximum atomic E-state index is 12.7. The van der Waals surface area contributed by atoms with Crippen molar-refractivity contribution in [3.05, 3.63) is 71.0 Å². The largest absolute Gasteiger partial charge is 0.454 e. The van der Waals surface area contributed by atoms with Crippen molar-refractivity contribution in [1.82, 2.24) is 20.3 Å². The smallest absolute Gasteiger partial charge is 0.422 e. The molecular weight excluding hydrogens is 503 g/mol. The fraction of sp³-hybridized carbons (Fsp3) is 0.346. The summed E-state index contributed by atoms with van der Waals surface area (Å²) in [4.78, 5) is 36.6. The molecule has 6 bridgehead atoms. The first-order valence-corrected chi connectivity index (χ1v) is 12.0. The van der Waals surface area contributed by atoms with Crippen LogP contribution in [0.2, 0.25) is 0 Å². The van der Waals surface area contributed by atoms with E-state index in [-0.39, 0.29) is 49.6 Å². The van der Waals surface area contributed by atoms with Crippen LogP contribution in [0, 0.1) is 0 Å². The van der Waals surface area contributed by atoms with Crippen LogP contribution in [-0.2, 0) is 40.1 Å². The third kappa shape index (κ3) is 8.80. The van der Waals surface area contributed by atoms with E-state index in [9.17, 15) is 22.8 Å². The molecule has 0 saturated carbocycles. The first kappa shape index (κ1) is 27.0. The lowest BCUT2D eigenvalue weighted by molar-refractivity contribution is -0.154. The number of rotatable bonds is 2. The zero-order chi connectivity index (χ0) is 27.0. The number of carbonyl (C=O) groups is 2. The van der Waals surface area contributed by atoms with Gasteiger partial charge in [0.1, 0.15) is 19.0 Å². The van der Waals surface area contributed by atoms with Gasteiger partial charge in [0.05, 0.1) is 0 Å². The molecule has 0 unspecified atom stereocenters. The highest BCUT2D eigenvalue weighted by atomic mass is 19.4. The van der Waals surface area contributed by atoms with Crippen molar-refractivity contribution in [2.75, 3.05) is 25.1 Å². The number of ether oxygens (including phenoxy) is 2. The van der Waals surface area contributed by atoms with Crippen LogP contribution in [0.3, 0.4) is 0 Å². The number of Topliss-reactive ketones (excluding diaryl/α,β-unsaturated/α-hetero) is 1. The fourth-order valence-electron chi connectivity index (χ4n) is 3.68. The standard InChI is InChI=1S/C26H26F3N5O4/c27-26(28,29)16-38-25-33-22-11-7-18-2-1-3-19(12-18)13-30-23(36)15-37-14-21(35)10-6-17-4-8-20(9-5-17)31-24(32-22)34-25/h1-5,8-9,12H,6-7,10-11,13-16H2,(H,30,36)(H,31,32,33,34). The lowest BCUT2D eigenvalue weighted by Crippen LogP contribution is -2.28. The predicted molar refractivity (Wildman–Crippen MR) is 131 cm³/mol. The van der Waals surface area contributed by atoms with Crippen LogP contribution in [0.4, 0.5) is 24.8 Å². The van der Waals surface area contributed by atoms with E-state index < -0.39 is 18.8 Å². The number of nitrogens with zero attached hydrogens (tertiary/aromatic N) is 3. The molecule has 1 amide bonds. The summed E-state index contributed by atoms with van der Waals surface area (Å²) in [6.07, 6.45) is -3.01. The molecule has 0 saturated heterocycles. The summed E-state index contributed by atoms with van der Waals surface area (Å²) in [7, 11) is 0. The van der Waals surface area contributed by atoms with Gasteiger partial charge in [0.15, 0.2) is 12.4 Å². The number of fused-ring (bicyclic) bond motifs is 11. The molecule has 0 spiro atoms. The van der Waals surface area contributed by atoms with Gasteiger partial charge in [-0.25, -0.2) is 0 Å². The Balaban J connectivity index is 1.58. The van der Waals surface area contributed by atoms with Crippen molar-refractivity contribution in [2.24, 2.45) is 0 Å². The van der Waals surface area contributed by atoms with Gasteiger partial charge >= 0.3 is 12.2 Å². The van der Waals surface area contributed by atoms with Gasteiger partial charge in [0.25, 0.3) is 0 Å². The van der Waals surface area contributed by atoms with Crippen LogP contribution in [0.5, 0.6) is 6.01 Å². The fourth-order valence-corrected chi connectivity index (χ4v) is 3.68. The maximum absolute atomic E-state index is 12.7. The van der Waals surface area contributed by atoms with Gasteiger partial charge in [-0.3, -0.25) is 9.59 Å². The van der Waals surface area contributed by atoms with E-state index in [0.717, 1.165) is 16.7 Å². The lowest BCUT2D eigenvalue weighted by Gasteiger charge is -2.12. The molecule has 0 radical (unpaired) electrons. The molecule has 5 rings (SSSR count). The number of amides is 1. The summed E-state index contributed by atoms with van der Waals surface area (Å²) in [5, 5.41) is 5.73. The highest BCUT2D eigenvalue weighted by molar-refractivity contribution is 5.81. The number of hydrogen-bond donors (Lipinski definition) is 2. The van der Waals surface area contributed by atoms with Gasteiger partial charge in [-0.2, -0.15) is 28.1 Å². The summed E-state index contributed by atoms with van der Waals surface area (Å²) in [5.41, 5.74) is 3.27. The van der Waals surface area contributed by atoms with E-state index in [0.29, 0.717) is 24.9 Å². The van der Waals surface area contributed by atoms with Crippen LogP contribution < -0.4 is 15.4 Å². The van der Waals surface area contributed by atoms with Crippen molar-refractivity contribution in [1.29, 1.82) is 0 Å². The topological polar surface area (TPSA) is 115 Å². The average Bonchev–Trinajstić information content (AvgIpc) is 2.88. The Morgan fingerprint density at radius 1 is 0.868 bits per heavy atom. The van der Waals surface area contributed by atoms with Crippen molar-refractivity contribution >= 4 is 23.3 Å². The third-order valence-corrected chi connectivity index (χ3v) is 5.54. The third-order valence-electron chi connectivity index (χ3n) is 5.54. The lowest BCUT2D eigenvalue weighted by atomic mass is 10.1. The number of aryl methyl sites for hydroxylation is 3. The highest BCUT2D eigenvalue weighted by Gasteiger charge is 2.29. The zero-order valence-electron chi connectivity index (χ0n) is 20.4. The van der Waals surface area contributed by atoms with Crippen LogP contribution in [0.25, 0.3) is 0 Å². The molecular formula is C26H26F3N5O4. The molecule has 3 heterocycles. The molecule has 2 aromatic carbocycles. The molecule has 12 heteroatoms. The normalized spacial score (nSPS) is 15.6. The van der Waals surface area contributed by atoms with Gasteiger partial charge in [0.2, 0.25) is 11.9 Å². The minimum atomic E-state index is -4.54. The number of aromatic nitrogens is 3. The molecule has 1 aromatic heterocycles. The van der Waals surface area contributed by atoms with Crippen LogP contribution >= 0.6 is 0 Å². The van der Waals surface area contributed by atoms with Crippen molar-refractivity contribution in [3.8, 4) is 6.01 Å². The molecule has 38 heavy (non-hydrogen) atoms. The second kappa shape index (κ2) is 12.5. The minimum absolute atomic E-state index is 0.0471. The Kier molecular flexibility index (Phi) is 8.85. The SMILES string of the molecule is O=C1CCc2ccc(cc2)Nc2nc(nc(OCC(F)(F)F)n2)CCc2cccc(c2)CNC(=O)COC1. The molecule has 0 fully saturated rings. The average molecular weight is 530 g/mol. The molecule has 0 aliphatic carbocycles. The van der Waals surface area contributed by atoms with Gasteiger partial charge in [-0.1, -0.05) is 36.4 Å². The van der Waals surface area contributed by atoms with Gasteiger partial charge < -0.3 is 20.1 Å². The van der Waals surface area contributed by atoms with E-state index >= 15 is 0 Å². The van der Waals surface area contributed by atoms with E-state index in [2.05, 4.69) is 25.6 Å². The molecule has 2 aliphatic rings. The van der Waals surface area contributed by atoms with Gasteiger partial charge in [-0.15, -0.1) is 0 Å². The quantitative estimate of drug-likeness (QED) is 0.519. The number of alkyl halides is 3. The van der Waals surface area contributed by atoms with Gasteiger partial charge in [0, 0.05) is 25.1 Å². The monoisotopic (exact) mass is 529 g/mol. The Morgan fingerprint density at radius 2 is 1.63 bits per heavy atom. The number of ketones is 1. The Bertz CT molecular complexity index is 1270. The first-order valence-electron chi connectivity index (χ1n) is 12.0. The van der Waals surface area contributed by atoms with Crippen LogP contribution in [0.1, 0.15) is 28.9 Å². The highest BCUT2D eigenvalue weighted by Crippen LogP contribution is 2.20. The number of carbonyl (C=O) groups excluding carboxylic acids is 2. The van der Waals surface area contributed by atoms with Crippen molar-refractivity contribution in [2.45, 2.75) is 38.4 Å². The van der Waals surface area contributed by atoms with Crippen molar-refractivity contribution in [3.63, 3.8) is 0 Å². The summed E-state index contributed by atoms with van der Waals surface area (Å²) < 4.78 is 48.2. The number of hydrogen-bond acceptors (Lipinski definition) is 8. The predicted octanol–water partition coefficient (Wildman–Crippen LogP) is 3.49. The summed E-state index contributed by atoms with van der Waals surface area (Å²) in [6, 6.07) is 14.2. The second-order valence-corrected chi connectivity index (χ2v) is 8.71. The zero-order valence-corrected chi connectivity index (χ0v) is 20.4. The summed E-state index contributed by atoms with van der Waals surface area (Å²) in [5.74, 6) is -0.157. The maximum Gasteiger partial charge on any atom is 0.422 e.